The fourth-order valence-electron chi connectivity index (χ4n) is 3.50. The molecule has 0 radical (unpaired) electrons. The lowest BCUT2D eigenvalue weighted by Gasteiger charge is -2.20. The molecule has 1 aromatic heterocycles. The van der Waals surface area contributed by atoms with Crippen molar-refractivity contribution in [1.82, 2.24) is 10.3 Å². The molecule has 0 aliphatic carbocycles. The molecule has 1 fully saturated rings. The van der Waals surface area contributed by atoms with Gasteiger partial charge in [-0.2, -0.15) is 0 Å². The summed E-state index contributed by atoms with van der Waals surface area (Å²) in [4.78, 5) is 31.0. The van der Waals surface area contributed by atoms with Crippen molar-refractivity contribution < 1.29 is 9.59 Å². The Morgan fingerprint density at radius 2 is 1.82 bits per heavy atom. The summed E-state index contributed by atoms with van der Waals surface area (Å²) >= 11 is 0. The van der Waals surface area contributed by atoms with Crippen LogP contribution in [-0.2, 0) is 4.79 Å². The summed E-state index contributed by atoms with van der Waals surface area (Å²) in [7, 11) is 0. The molecule has 2 amide bonds. The van der Waals surface area contributed by atoms with Crippen LogP contribution in [0.1, 0.15) is 40.4 Å². The van der Waals surface area contributed by atoms with E-state index in [9.17, 15) is 9.59 Å². The first kappa shape index (κ1) is 17.9. The number of hydrogen-bond donors (Lipinski definition) is 1. The van der Waals surface area contributed by atoms with Gasteiger partial charge in [0.1, 0.15) is 0 Å². The lowest BCUT2D eigenvalue weighted by atomic mass is 9.99. The first-order valence-electron chi connectivity index (χ1n) is 9.38. The highest BCUT2D eigenvalue weighted by molar-refractivity contribution is 5.99. The fourth-order valence-corrected chi connectivity index (χ4v) is 3.50. The fraction of sp³-hybridized carbons (Fsp3) is 0.174. The Hall–Kier alpha value is -3.47. The molecule has 0 bridgehead atoms. The summed E-state index contributed by atoms with van der Waals surface area (Å²) in [6.07, 6.45) is 4.89. The Bertz CT molecular complexity index is 934. The van der Waals surface area contributed by atoms with Crippen LogP contribution >= 0.6 is 0 Å². The van der Waals surface area contributed by atoms with Crippen LogP contribution in [0.2, 0.25) is 0 Å². The van der Waals surface area contributed by atoms with Crippen molar-refractivity contribution in [2.45, 2.75) is 18.9 Å². The van der Waals surface area contributed by atoms with Gasteiger partial charge < -0.3 is 10.2 Å². The van der Waals surface area contributed by atoms with Gasteiger partial charge in [-0.1, -0.05) is 42.5 Å². The highest BCUT2D eigenvalue weighted by Crippen LogP contribution is 2.24. The zero-order valence-corrected chi connectivity index (χ0v) is 15.4. The van der Waals surface area contributed by atoms with Gasteiger partial charge in [0.25, 0.3) is 5.91 Å². The van der Waals surface area contributed by atoms with Crippen molar-refractivity contribution in [3.05, 3.63) is 95.8 Å². The minimum absolute atomic E-state index is 0.107. The zero-order valence-electron chi connectivity index (χ0n) is 15.4. The van der Waals surface area contributed by atoms with Crippen LogP contribution in [0.15, 0.2) is 79.1 Å². The van der Waals surface area contributed by atoms with E-state index in [2.05, 4.69) is 10.3 Å². The van der Waals surface area contributed by atoms with E-state index in [4.69, 9.17) is 0 Å². The van der Waals surface area contributed by atoms with E-state index in [1.165, 1.54) is 0 Å². The van der Waals surface area contributed by atoms with Crippen LogP contribution in [0.4, 0.5) is 5.69 Å². The van der Waals surface area contributed by atoms with Crippen molar-refractivity contribution in [3.63, 3.8) is 0 Å². The summed E-state index contributed by atoms with van der Waals surface area (Å²) < 4.78 is 0. The van der Waals surface area contributed by atoms with E-state index in [0.29, 0.717) is 18.5 Å². The SMILES string of the molecule is O=C(NC(c1ccccc1)c1cccnc1)c1cccc(N2CCCC2=O)c1. The average Bonchev–Trinajstić information content (AvgIpc) is 3.19. The van der Waals surface area contributed by atoms with Crippen molar-refractivity contribution in [3.8, 4) is 0 Å². The summed E-state index contributed by atoms with van der Waals surface area (Å²) in [5.74, 6) is -0.0821. The summed E-state index contributed by atoms with van der Waals surface area (Å²) in [5.41, 5.74) is 3.19. The lowest BCUT2D eigenvalue weighted by molar-refractivity contribution is -0.117. The lowest BCUT2D eigenvalue weighted by Crippen LogP contribution is -2.30. The van der Waals surface area contributed by atoms with Gasteiger partial charge in [0, 0.05) is 36.6 Å². The van der Waals surface area contributed by atoms with Gasteiger partial charge in [0.2, 0.25) is 5.91 Å². The quantitative estimate of drug-likeness (QED) is 0.743. The van der Waals surface area contributed by atoms with Crippen molar-refractivity contribution >= 4 is 17.5 Å². The number of anilines is 1. The number of aromatic nitrogens is 1. The largest absolute Gasteiger partial charge is 0.341 e. The van der Waals surface area contributed by atoms with Gasteiger partial charge in [-0.15, -0.1) is 0 Å². The molecule has 28 heavy (non-hydrogen) atoms. The maximum absolute atomic E-state index is 13.0. The third-order valence-electron chi connectivity index (χ3n) is 4.92. The molecule has 4 rings (SSSR count). The monoisotopic (exact) mass is 371 g/mol. The van der Waals surface area contributed by atoms with Crippen molar-refractivity contribution in [1.29, 1.82) is 0 Å². The second-order valence-corrected chi connectivity index (χ2v) is 6.80. The molecule has 1 N–H and O–H groups in total. The highest BCUT2D eigenvalue weighted by atomic mass is 16.2. The number of carbonyl (C=O) groups excluding carboxylic acids is 2. The summed E-state index contributed by atoms with van der Waals surface area (Å²) in [6.45, 7) is 0.701. The van der Waals surface area contributed by atoms with Crippen LogP contribution in [-0.4, -0.2) is 23.3 Å². The Labute approximate surface area is 164 Å². The number of nitrogens with one attached hydrogen (secondary N) is 1. The average molecular weight is 371 g/mol. The molecular formula is C23H21N3O2. The van der Waals surface area contributed by atoms with E-state index < -0.39 is 0 Å². The number of pyridine rings is 1. The molecule has 1 saturated heterocycles. The molecule has 1 atom stereocenters. The molecule has 140 valence electrons. The molecule has 1 unspecified atom stereocenters. The van der Waals surface area contributed by atoms with Crippen molar-refractivity contribution in [2.24, 2.45) is 0 Å². The molecule has 0 spiro atoms. The number of rotatable bonds is 5. The van der Waals surface area contributed by atoms with Gasteiger partial charge >= 0.3 is 0 Å². The van der Waals surface area contributed by atoms with Gasteiger partial charge in [0.15, 0.2) is 0 Å². The molecule has 0 saturated carbocycles. The molecule has 2 heterocycles. The van der Waals surface area contributed by atoms with E-state index in [-0.39, 0.29) is 17.9 Å². The van der Waals surface area contributed by atoms with E-state index in [1.54, 1.807) is 29.4 Å². The van der Waals surface area contributed by atoms with Crippen LogP contribution in [0.3, 0.4) is 0 Å². The minimum atomic E-state index is -0.306. The molecule has 1 aliphatic rings. The summed E-state index contributed by atoms with van der Waals surface area (Å²) in [6, 6.07) is 20.5. The molecular weight excluding hydrogens is 350 g/mol. The van der Waals surface area contributed by atoms with E-state index in [0.717, 1.165) is 23.2 Å². The topological polar surface area (TPSA) is 62.3 Å². The molecule has 2 aromatic carbocycles. The van der Waals surface area contributed by atoms with Crippen LogP contribution in [0.25, 0.3) is 0 Å². The maximum atomic E-state index is 13.0. The Morgan fingerprint density at radius 1 is 1.00 bits per heavy atom. The Morgan fingerprint density at radius 3 is 2.54 bits per heavy atom. The zero-order chi connectivity index (χ0) is 19.3. The predicted octanol–water partition coefficient (Wildman–Crippen LogP) is 3.73. The standard InChI is InChI=1S/C23H21N3O2/c27-21-12-6-14-26(21)20-11-4-9-18(15-20)23(28)25-22(17-7-2-1-3-8-17)19-10-5-13-24-16-19/h1-5,7-11,13,15-16,22H,6,12,14H2,(H,25,28). The number of carbonyl (C=O) groups is 2. The summed E-state index contributed by atoms with van der Waals surface area (Å²) in [5, 5.41) is 3.11. The molecule has 1 aliphatic heterocycles. The normalized spacial score (nSPS) is 14.7. The Kier molecular flexibility index (Phi) is 5.15. The smallest absolute Gasteiger partial charge is 0.252 e. The molecule has 5 nitrogen and oxygen atoms in total. The third kappa shape index (κ3) is 3.78. The number of amides is 2. The van der Waals surface area contributed by atoms with E-state index in [1.807, 2.05) is 54.6 Å². The van der Waals surface area contributed by atoms with Crippen LogP contribution < -0.4 is 10.2 Å². The van der Waals surface area contributed by atoms with Gasteiger partial charge in [0.05, 0.1) is 6.04 Å². The van der Waals surface area contributed by atoms with Gasteiger partial charge in [-0.3, -0.25) is 14.6 Å². The number of hydrogen-bond acceptors (Lipinski definition) is 3. The van der Waals surface area contributed by atoms with Crippen LogP contribution in [0.5, 0.6) is 0 Å². The minimum Gasteiger partial charge on any atom is -0.341 e. The van der Waals surface area contributed by atoms with Crippen LogP contribution in [0, 0.1) is 0 Å². The van der Waals surface area contributed by atoms with E-state index >= 15 is 0 Å². The third-order valence-corrected chi connectivity index (χ3v) is 4.92. The number of nitrogens with zero attached hydrogens (tertiary/aromatic N) is 2. The highest BCUT2D eigenvalue weighted by Gasteiger charge is 2.23. The van der Waals surface area contributed by atoms with Gasteiger partial charge in [-0.25, -0.2) is 0 Å². The Balaban J connectivity index is 1.61. The molecule has 3 aromatic rings. The first-order valence-corrected chi connectivity index (χ1v) is 9.38. The maximum Gasteiger partial charge on any atom is 0.252 e. The van der Waals surface area contributed by atoms with Gasteiger partial charge in [-0.05, 0) is 41.8 Å². The molecule has 5 heteroatoms. The second kappa shape index (κ2) is 8.05. The van der Waals surface area contributed by atoms with Crippen molar-refractivity contribution in [2.75, 3.05) is 11.4 Å². The number of benzene rings is 2. The predicted molar refractivity (Wildman–Crippen MR) is 108 cm³/mol. The first-order chi connectivity index (χ1) is 13.7. The second-order valence-electron chi connectivity index (χ2n) is 6.80.